The second-order valence-electron chi connectivity index (χ2n) is 6.53. The molecule has 2 saturated carbocycles. The lowest BCUT2D eigenvalue weighted by molar-refractivity contribution is 0.241. The Morgan fingerprint density at radius 2 is 2.10 bits per heavy atom. The Kier molecular flexibility index (Phi) is 4.65. The minimum absolute atomic E-state index is 0.197. The molecule has 1 nitrogen and oxygen atoms in total. The van der Waals surface area contributed by atoms with Crippen LogP contribution in [0.15, 0.2) is 16.6 Å². The van der Waals surface area contributed by atoms with Crippen molar-refractivity contribution in [2.75, 3.05) is 6.54 Å². The molecule has 2 fully saturated rings. The fourth-order valence-corrected chi connectivity index (χ4v) is 4.64. The number of rotatable bonds is 5. The van der Waals surface area contributed by atoms with Gasteiger partial charge in [-0.25, -0.2) is 8.78 Å². The largest absolute Gasteiger partial charge is 0.310 e. The number of halogens is 3. The first-order valence-electron chi connectivity index (χ1n) is 7.98. The highest BCUT2D eigenvalue weighted by Crippen LogP contribution is 2.53. The molecule has 4 unspecified atom stereocenters. The summed E-state index contributed by atoms with van der Waals surface area (Å²) in [4.78, 5) is 0. The summed E-state index contributed by atoms with van der Waals surface area (Å²) in [6.45, 7) is 2.88. The van der Waals surface area contributed by atoms with Crippen LogP contribution in [0.1, 0.15) is 50.6 Å². The first-order valence-corrected chi connectivity index (χ1v) is 8.77. The summed E-state index contributed by atoms with van der Waals surface area (Å²) in [5.74, 6) is 0.901. The Morgan fingerprint density at radius 1 is 1.29 bits per heavy atom. The van der Waals surface area contributed by atoms with Gasteiger partial charge in [0.15, 0.2) is 0 Å². The average Bonchev–Trinajstić information content (AvgIpc) is 3.09. The average molecular weight is 358 g/mol. The zero-order valence-corrected chi connectivity index (χ0v) is 13.9. The monoisotopic (exact) mass is 357 g/mol. The van der Waals surface area contributed by atoms with Gasteiger partial charge in [0.1, 0.15) is 11.6 Å². The first kappa shape index (κ1) is 15.4. The van der Waals surface area contributed by atoms with Crippen LogP contribution in [0.25, 0.3) is 0 Å². The molecule has 2 aliphatic rings. The van der Waals surface area contributed by atoms with Gasteiger partial charge in [-0.1, -0.05) is 13.3 Å². The van der Waals surface area contributed by atoms with Gasteiger partial charge in [-0.15, -0.1) is 0 Å². The Bertz CT molecular complexity index is 520. The predicted molar refractivity (Wildman–Crippen MR) is 84.0 cm³/mol. The van der Waals surface area contributed by atoms with Crippen molar-refractivity contribution in [2.45, 2.75) is 45.1 Å². The highest BCUT2D eigenvalue weighted by Gasteiger charge is 2.44. The molecule has 0 radical (unpaired) electrons. The molecular formula is C17H22BrF2N. The van der Waals surface area contributed by atoms with Gasteiger partial charge in [0.05, 0.1) is 4.47 Å². The Morgan fingerprint density at radius 3 is 2.71 bits per heavy atom. The van der Waals surface area contributed by atoms with Crippen molar-refractivity contribution in [2.24, 2.45) is 17.8 Å². The van der Waals surface area contributed by atoms with E-state index >= 15 is 0 Å². The normalized spacial score (nSPS) is 29.0. The minimum Gasteiger partial charge on any atom is -0.310 e. The molecule has 1 N–H and O–H groups in total. The van der Waals surface area contributed by atoms with Gasteiger partial charge in [0.2, 0.25) is 0 Å². The lowest BCUT2D eigenvalue weighted by Gasteiger charge is -2.32. The maximum Gasteiger partial charge on any atom is 0.145 e. The number of fused-ring (bicyclic) bond motifs is 2. The molecule has 4 atom stereocenters. The van der Waals surface area contributed by atoms with E-state index in [0.29, 0.717) is 16.3 Å². The van der Waals surface area contributed by atoms with E-state index in [2.05, 4.69) is 28.2 Å². The molecule has 0 heterocycles. The smallest absolute Gasteiger partial charge is 0.145 e. The van der Waals surface area contributed by atoms with E-state index in [1.165, 1.54) is 31.4 Å². The van der Waals surface area contributed by atoms with Crippen molar-refractivity contribution in [3.63, 3.8) is 0 Å². The van der Waals surface area contributed by atoms with Gasteiger partial charge < -0.3 is 5.32 Å². The van der Waals surface area contributed by atoms with Crippen LogP contribution in [0, 0.1) is 29.4 Å². The molecule has 0 amide bonds. The summed E-state index contributed by atoms with van der Waals surface area (Å²) in [6, 6.07) is 2.63. The lowest BCUT2D eigenvalue weighted by atomic mass is 9.80. The molecule has 1 aromatic carbocycles. The van der Waals surface area contributed by atoms with Gasteiger partial charge in [0.25, 0.3) is 0 Å². The Balaban J connectivity index is 1.94. The van der Waals surface area contributed by atoms with Crippen LogP contribution < -0.4 is 5.32 Å². The van der Waals surface area contributed by atoms with Gasteiger partial charge in [-0.05, 0) is 78.0 Å². The molecule has 0 aromatic heterocycles. The third-order valence-electron chi connectivity index (χ3n) is 5.23. The van der Waals surface area contributed by atoms with Crippen molar-refractivity contribution in [1.82, 2.24) is 5.32 Å². The van der Waals surface area contributed by atoms with E-state index < -0.39 is 11.6 Å². The number of hydrogen-bond donors (Lipinski definition) is 1. The first-order chi connectivity index (χ1) is 10.1. The molecule has 1 aromatic rings. The van der Waals surface area contributed by atoms with Crippen LogP contribution in [-0.2, 0) is 0 Å². The summed E-state index contributed by atoms with van der Waals surface area (Å²) in [7, 11) is 0. The van der Waals surface area contributed by atoms with Crippen LogP contribution in [-0.4, -0.2) is 6.54 Å². The van der Waals surface area contributed by atoms with E-state index in [4.69, 9.17) is 0 Å². The van der Waals surface area contributed by atoms with Crippen molar-refractivity contribution < 1.29 is 8.78 Å². The van der Waals surface area contributed by atoms with Gasteiger partial charge in [0, 0.05) is 11.6 Å². The van der Waals surface area contributed by atoms with Crippen LogP contribution in [0.2, 0.25) is 0 Å². The van der Waals surface area contributed by atoms with Crippen molar-refractivity contribution in [3.8, 4) is 0 Å². The maximum atomic E-state index is 14.5. The van der Waals surface area contributed by atoms with E-state index in [-0.39, 0.29) is 11.6 Å². The van der Waals surface area contributed by atoms with Gasteiger partial charge >= 0.3 is 0 Å². The zero-order valence-electron chi connectivity index (χ0n) is 12.3. The molecular weight excluding hydrogens is 336 g/mol. The van der Waals surface area contributed by atoms with Crippen molar-refractivity contribution in [3.05, 3.63) is 33.8 Å². The molecule has 116 valence electrons. The topological polar surface area (TPSA) is 12.0 Å². The zero-order chi connectivity index (χ0) is 15.0. The number of nitrogens with one attached hydrogen (secondary N) is 1. The molecule has 3 rings (SSSR count). The number of hydrogen-bond acceptors (Lipinski definition) is 1. The Labute approximate surface area is 133 Å². The Hall–Kier alpha value is -0.480. The van der Waals surface area contributed by atoms with Crippen LogP contribution in [0.4, 0.5) is 8.78 Å². The van der Waals surface area contributed by atoms with Crippen LogP contribution >= 0.6 is 15.9 Å². The highest BCUT2D eigenvalue weighted by molar-refractivity contribution is 9.10. The second-order valence-corrected chi connectivity index (χ2v) is 7.38. The predicted octanol–water partition coefficient (Wildman–Crippen LogP) is 5.20. The summed E-state index contributed by atoms with van der Waals surface area (Å²) < 4.78 is 29.2. The van der Waals surface area contributed by atoms with Crippen molar-refractivity contribution in [1.29, 1.82) is 0 Å². The lowest BCUT2D eigenvalue weighted by Crippen LogP contribution is -2.33. The highest BCUT2D eigenvalue weighted by atomic mass is 79.9. The number of benzene rings is 1. The van der Waals surface area contributed by atoms with E-state index in [0.717, 1.165) is 25.3 Å². The summed E-state index contributed by atoms with van der Waals surface area (Å²) >= 11 is 3.20. The van der Waals surface area contributed by atoms with Gasteiger partial charge in [-0.2, -0.15) is 0 Å². The van der Waals surface area contributed by atoms with Crippen molar-refractivity contribution >= 4 is 15.9 Å². The third kappa shape index (κ3) is 2.89. The fourth-order valence-electron chi connectivity index (χ4n) is 4.30. The summed E-state index contributed by atoms with van der Waals surface area (Å²) in [6.07, 6.45) is 5.83. The fraction of sp³-hybridized carbons (Fsp3) is 0.647. The van der Waals surface area contributed by atoms with E-state index in [1.54, 1.807) is 0 Å². The summed E-state index contributed by atoms with van der Waals surface area (Å²) in [5.41, 5.74) is 0.232. The van der Waals surface area contributed by atoms with Crippen LogP contribution in [0.3, 0.4) is 0 Å². The minimum atomic E-state index is -0.439. The third-order valence-corrected chi connectivity index (χ3v) is 5.84. The standard InChI is InChI=1S/C17H22BrF2N/c1-2-7-21-17(12-9-10-3-4-11(12)8-10)15-14(19)6-5-13(18)16(15)20/h5-6,10-12,17,21H,2-4,7-9H2,1H3. The summed E-state index contributed by atoms with van der Waals surface area (Å²) in [5, 5.41) is 3.42. The van der Waals surface area contributed by atoms with Crippen LogP contribution in [0.5, 0.6) is 0 Å². The van der Waals surface area contributed by atoms with E-state index in [1.807, 2.05) is 0 Å². The maximum absolute atomic E-state index is 14.5. The molecule has 21 heavy (non-hydrogen) atoms. The molecule has 2 aliphatic carbocycles. The quantitative estimate of drug-likeness (QED) is 0.713. The molecule has 2 bridgehead atoms. The SMILES string of the molecule is CCCNC(c1c(F)ccc(Br)c1F)C1CC2CCC1C2. The molecule has 0 spiro atoms. The molecule has 0 aliphatic heterocycles. The molecule has 0 saturated heterocycles. The van der Waals surface area contributed by atoms with Gasteiger partial charge in [-0.3, -0.25) is 0 Å². The van der Waals surface area contributed by atoms with E-state index in [9.17, 15) is 8.78 Å². The second kappa shape index (κ2) is 6.33. The molecule has 4 heteroatoms.